The van der Waals surface area contributed by atoms with Gasteiger partial charge in [-0.25, -0.2) is 12.7 Å². The number of likely N-dealkylation sites (tertiary alicyclic amines) is 1. The Morgan fingerprint density at radius 1 is 1.29 bits per heavy atom. The van der Waals surface area contributed by atoms with Gasteiger partial charge in [-0.2, -0.15) is 0 Å². The quantitative estimate of drug-likeness (QED) is 0.507. The minimum absolute atomic E-state index is 0.108. The van der Waals surface area contributed by atoms with E-state index >= 15 is 0 Å². The number of β-amino-alcohol motifs (C(OH)–C–C–N with tert-alkyl or cyclic N) is 1. The number of fused-ring (bicyclic) bond motifs is 1. The van der Waals surface area contributed by atoms with Crippen molar-refractivity contribution in [3.63, 3.8) is 0 Å². The Kier molecular flexibility index (Phi) is 8.57. The van der Waals surface area contributed by atoms with Crippen LogP contribution in [0.1, 0.15) is 12.5 Å². The molecule has 1 aromatic heterocycles. The molecule has 3 N–H and O–H groups in total. The lowest BCUT2D eigenvalue weighted by atomic mass is 10.1. The summed E-state index contributed by atoms with van der Waals surface area (Å²) in [5.41, 5.74) is 1.12. The van der Waals surface area contributed by atoms with Gasteiger partial charge in [0.15, 0.2) is 0 Å². The fraction of sp³-hybridized carbons (Fsp3) is 0.500. The van der Waals surface area contributed by atoms with Gasteiger partial charge >= 0.3 is 0 Å². The van der Waals surface area contributed by atoms with Crippen LogP contribution in [-0.4, -0.2) is 84.9 Å². The van der Waals surface area contributed by atoms with Gasteiger partial charge in [-0.1, -0.05) is 0 Å². The van der Waals surface area contributed by atoms with E-state index < -0.39 is 16.1 Å². The third-order valence-corrected chi connectivity index (χ3v) is 7.02. The van der Waals surface area contributed by atoms with Crippen LogP contribution < -0.4 is 10.3 Å². The Morgan fingerprint density at radius 3 is 2.58 bits per heavy atom. The molecule has 11 heteroatoms. The predicted octanol–water partition coefficient (Wildman–Crippen LogP) is 0.312. The molecule has 1 saturated heterocycles. The average molecular weight is 456 g/mol. The van der Waals surface area contributed by atoms with Gasteiger partial charge in [0.25, 0.3) is 12.0 Å². The number of ether oxygens (including phenoxy) is 1. The number of carboxylic acid groups (broad SMARTS) is 1. The fourth-order valence-electron chi connectivity index (χ4n) is 3.50. The number of H-pyrrole nitrogens is 1. The SMILES string of the molecule is CCOc1ccc2[nH]c(=O)c(CN3C[C@@H](CS(=O)(=O)N(C)C)[C@@H](O)C3)cc2c1.O=CO. The van der Waals surface area contributed by atoms with Gasteiger partial charge < -0.3 is 19.9 Å². The lowest BCUT2D eigenvalue weighted by Gasteiger charge is -2.18. The maximum Gasteiger partial charge on any atom is 0.290 e. The molecule has 0 bridgehead atoms. The van der Waals surface area contributed by atoms with Crippen molar-refractivity contribution in [1.29, 1.82) is 0 Å². The maximum absolute atomic E-state index is 12.4. The zero-order valence-corrected chi connectivity index (χ0v) is 18.6. The lowest BCUT2D eigenvalue weighted by molar-refractivity contribution is -0.122. The zero-order valence-electron chi connectivity index (χ0n) is 17.8. The Balaban J connectivity index is 0.00000107. The molecule has 1 aliphatic heterocycles. The molecular weight excluding hydrogens is 426 g/mol. The van der Waals surface area contributed by atoms with E-state index in [1.807, 2.05) is 36.1 Å². The van der Waals surface area contributed by atoms with Crippen LogP contribution in [0.5, 0.6) is 5.75 Å². The summed E-state index contributed by atoms with van der Waals surface area (Å²) < 4.78 is 30.9. The number of aromatic nitrogens is 1. The number of aromatic amines is 1. The Hall–Kier alpha value is -2.47. The highest BCUT2D eigenvalue weighted by Gasteiger charge is 2.35. The maximum atomic E-state index is 12.4. The third-order valence-electron chi connectivity index (χ3n) is 5.06. The first-order chi connectivity index (χ1) is 14.6. The fourth-order valence-corrected chi connectivity index (χ4v) is 4.67. The van der Waals surface area contributed by atoms with Crippen LogP contribution in [0.25, 0.3) is 10.9 Å². The van der Waals surface area contributed by atoms with Gasteiger partial charge in [-0.15, -0.1) is 0 Å². The molecule has 1 aliphatic rings. The number of benzene rings is 1. The third kappa shape index (κ3) is 6.50. The van der Waals surface area contributed by atoms with Gasteiger partial charge in [0.05, 0.1) is 18.5 Å². The van der Waals surface area contributed by atoms with E-state index in [-0.39, 0.29) is 23.7 Å². The zero-order chi connectivity index (χ0) is 23.2. The predicted molar refractivity (Wildman–Crippen MR) is 117 cm³/mol. The summed E-state index contributed by atoms with van der Waals surface area (Å²) in [6.07, 6.45) is -0.737. The van der Waals surface area contributed by atoms with E-state index in [1.165, 1.54) is 18.4 Å². The number of hydrogen-bond donors (Lipinski definition) is 3. The first kappa shape index (κ1) is 24.8. The molecule has 3 rings (SSSR count). The Bertz CT molecular complexity index is 1050. The number of carbonyl (C=O) groups is 1. The molecule has 0 unspecified atom stereocenters. The highest BCUT2D eigenvalue weighted by molar-refractivity contribution is 7.89. The molecule has 0 radical (unpaired) electrons. The second-order valence-electron chi connectivity index (χ2n) is 7.49. The number of rotatable bonds is 7. The molecule has 10 nitrogen and oxygen atoms in total. The van der Waals surface area contributed by atoms with E-state index in [9.17, 15) is 18.3 Å². The summed E-state index contributed by atoms with van der Waals surface area (Å²) in [6.45, 7) is 3.33. The molecule has 1 aromatic carbocycles. The lowest BCUT2D eigenvalue weighted by Crippen LogP contribution is -2.33. The Labute approximate surface area is 181 Å². The summed E-state index contributed by atoms with van der Waals surface area (Å²) in [7, 11) is -0.422. The molecule has 0 saturated carbocycles. The van der Waals surface area contributed by atoms with E-state index in [2.05, 4.69) is 4.98 Å². The monoisotopic (exact) mass is 455 g/mol. The van der Waals surface area contributed by atoms with Crippen molar-refractivity contribution < 1.29 is 28.2 Å². The van der Waals surface area contributed by atoms with Crippen LogP contribution in [0.15, 0.2) is 29.1 Å². The van der Waals surface area contributed by atoms with Crippen LogP contribution in [0.3, 0.4) is 0 Å². The van der Waals surface area contributed by atoms with Crippen LogP contribution in [0.2, 0.25) is 0 Å². The molecule has 0 aliphatic carbocycles. The van der Waals surface area contributed by atoms with E-state index in [1.54, 1.807) is 0 Å². The molecular formula is C20H29N3O7S. The smallest absolute Gasteiger partial charge is 0.290 e. The van der Waals surface area contributed by atoms with Gasteiger partial charge in [-0.3, -0.25) is 14.5 Å². The first-order valence-corrected chi connectivity index (χ1v) is 11.4. The summed E-state index contributed by atoms with van der Waals surface area (Å²) in [4.78, 5) is 25.6. The van der Waals surface area contributed by atoms with Gasteiger partial charge in [0.1, 0.15) is 5.75 Å². The minimum atomic E-state index is -3.39. The topological polar surface area (TPSA) is 140 Å². The van der Waals surface area contributed by atoms with Gasteiger partial charge in [0.2, 0.25) is 10.0 Å². The number of pyridine rings is 1. The molecule has 0 spiro atoms. The summed E-state index contributed by atoms with van der Waals surface area (Å²) in [5.74, 6) is 0.249. The van der Waals surface area contributed by atoms with Gasteiger partial charge in [0, 0.05) is 56.1 Å². The normalized spacial score (nSPS) is 19.3. The van der Waals surface area contributed by atoms with Crippen molar-refractivity contribution in [2.24, 2.45) is 5.92 Å². The van der Waals surface area contributed by atoms with E-state index in [4.69, 9.17) is 14.6 Å². The largest absolute Gasteiger partial charge is 0.494 e. The molecule has 2 aromatic rings. The number of hydrogen-bond acceptors (Lipinski definition) is 7. The molecule has 1 fully saturated rings. The van der Waals surface area contributed by atoms with Crippen LogP contribution in [0.4, 0.5) is 0 Å². The van der Waals surface area contributed by atoms with Crippen LogP contribution >= 0.6 is 0 Å². The standard InChI is InChI=1S/C19H27N3O5S.CH2O2/c1-4-27-16-5-6-17-13(8-16)7-14(19(24)20-17)9-22-10-15(18(23)11-22)12-28(25,26)21(2)3;2-1-3/h5-8,15,18,23H,4,9-12H2,1-3H3,(H,20,24);1H,(H,2,3)/t15-,18-;/m0./s1. The first-order valence-electron chi connectivity index (χ1n) is 9.78. The van der Waals surface area contributed by atoms with Crippen molar-refractivity contribution in [3.05, 3.63) is 40.2 Å². The molecule has 172 valence electrons. The number of aliphatic hydroxyl groups excluding tert-OH is 1. The van der Waals surface area contributed by atoms with Crippen molar-refractivity contribution >= 4 is 27.4 Å². The summed E-state index contributed by atoms with van der Waals surface area (Å²) in [6, 6.07) is 7.33. The minimum Gasteiger partial charge on any atom is -0.494 e. The van der Waals surface area contributed by atoms with Crippen LogP contribution in [0, 0.1) is 5.92 Å². The van der Waals surface area contributed by atoms with Crippen LogP contribution in [-0.2, 0) is 21.4 Å². The van der Waals surface area contributed by atoms with Crippen molar-refractivity contribution in [1.82, 2.24) is 14.2 Å². The summed E-state index contributed by atoms with van der Waals surface area (Å²) >= 11 is 0. The van der Waals surface area contributed by atoms with E-state index in [0.29, 0.717) is 31.8 Å². The van der Waals surface area contributed by atoms with E-state index in [0.717, 1.165) is 16.7 Å². The van der Waals surface area contributed by atoms with Crippen molar-refractivity contribution in [3.8, 4) is 5.75 Å². The highest BCUT2D eigenvalue weighted by atomic mass is 32.2. The molecule has 2 heterocycles. The van der Waals surface area contributed by atoms with Crippen molar-refractivity contribution in [2.75, 3.05) is 39.5 Å². The summed E-state index contributed by atoms with van der Waals surface area (Å²) in [5, 5.41) is 18.0. The number of sulfonamides is 1. The average Bonchev–Trinajstić information content (AvgIpc) is 3.01. The second kappa shape index (κ2) is 10.7. The number of nitrogens with zero attached hydrogens (tertiary/aromatic N) is 2. The highest BCUT2D eigenvalue weighted by Crippen LogP contribution is 2.23. The van der Waals surface area contributed by atoms with Gasteiger partial charge in [-0.05, 0) is 31.2 Å². The number of aliphatic hydroxyl groups is 1. The molecule has 31 heavy (non-hydrogen) atoms. The second-order valence-corrected chi connectivity index (χ2v) is 9.72. The Morgan fingerprint density at radius 2 is 1.97 bits per heavy atom. The number of nitrogens with one attached hydrogen (secondary N) is 1. The molecule has 2 atom stereocenters. The van der Waals surface area contributed by atoms with Crippen molar-refractivity contribution in [2.45, 2.75) is 19.6 Å². The molecule has 0 amide bonds.